The Kier molecular flexibility index (Phi) is 5.32. The molecule has 0 amide bonds. The second-order valence-electron chi connectivity index (χ2n) is 5.55. The molecule has 1 saturated carbocycles. The van der Waals surface area contributed by atoms with E-state index < -0.39 is 0 Å². The maximum Gasteiger partial charge on any atom is 0.168 e. The van der Waals surface area contributed by atoms with Crippen molar-refractivity contribution >= 4 is 17.2 Å². The largest absolute Gasteiger partial charge is 0.511 e. The van der Waals surface area contributed by atoms with E-state index in [0.29, 0.717) is 18.4 Å². The summed E-state index contributed by atoms with van der Waals surface area (Å²) in [6.07, 6.45) is 4.53. The van der Waals surface area contributed by atoms with Crippen molar-refractivity contribution in [2.75, 3.05) is 0 Å². The molecule has 0 aliphatic heterocycles. The van der Waals surface area contributed by atoms with E-state index in [4.69, 9.17) is 0 Å². The lowest BCUT2D eigenvalue weighted by atomic mass is 9.89. The standard InChI is InChI=1S/C18H23NO2/c1-3-4-11-16(20)18-15(10-7-12-17(18)21)19-14-9-6-5-8-13(14)2/h5-6,8-9,20H,3-4,7,10-12H2,1-2H3/b18-16+,19-15?. The molecule has 1 aliphatic carbocycles. The van der Waals surface area contributed by atoms with E-state index >= 15 is 0 Å². The zero-order valence-corrected chi connectivity index (χ0v) is 12.9. The number of Topliss-reactive ketones (excluding diaryl/α,β-unsaturated/α-hetero) is 1. The number of carbonyl (C=O) groups excluding carboxylic acids is 1. The highest BCUT2D eigenvalue weighted by atomic mass is 16.3. The lowest BCUT2D eigenvalue weighted by molar-refractivity contribution is -0.115. The molecule has 21 heavy (non-hydrogen) atoms. The Morgan fingerprint density at radius 3 is 2.76 bits per heavy atom. The van der Waals surface area contributed by atoms with Crippen LogP contribution in [0, 0.1) is 6.92 Å². The Balaban J connectivity index is 2.39. The average molecular weight is 285 g/mol. The van der Waals surface area contributed by atoms with Crippen molar-refractivity contribution in [2.45, 2.75) is 52.4 Å². The minimum Gasteiger partial charge on any atom is -0.511 e. The van der Waals surface area contributed by atoms with E-state index in [2.05, 4.69) is 11.9 Å². The van der Waals surface area contributed by atoms with Gasteiger partial charge in [0.25, 0.3) is 0 Å². The van der Waals surface area contributed by atoms with Crippen molar-refractivity contribution in [3.05, 3.63) is 41.2 Å². The molecule has 1 N–H and O–H groups in total. The summed E-state index contributed by atoms with van der Waals surface area (Å²) in [5.41, 5.74) is 3.17. The molecule has 1 aromatic rings. The van der Waals surface area contributed by atoms with Crippen LogP contribution in [0.15, 0.2) is 40.6 Å². The maximum atomic E-state index is 12.2. The zero-order valence-electron chi connectivity index (χ0n) is 12.9. The number of ketones is 1. The van der Waals surface area contributed by atoms with Gasteiger partial charge in [-0.25, -0.2) is 0 Å². The molecule has 1 fully saturated rings. The summed E-state index contributed by atoms with van der Waals surface area (Å²) in [6.45, 7) is 4.08. The number of para-hydroxylation sites is 1. The quantitative estimate of drug-likeness (QED) is 0.636. The second kappa shape index (κ2) is 7.21. The van der Waals surface area contributed by atoms with Gasteiger partial charge in [-0.3, -0.25) is 9.79 Å². The predicted molar refractivity (Wildman–Crippen MR) is 86.3 cm³/mol. The second-order valence-corrected chi connectivity index (χ2v) is 5.55. The van der Waals surface area contributed by atoms with Gasteiger partial charge in [0.15, 0.2) is 5.78 Å². The molecule has 0 spiro atoms. The van der Waals surface area contributed by atoms with Gasteiger partial charge >= 0.3 is 0 Å². The molecule has 0 atom stereocenters. The first-order valence-corrected chi connectivity index (χ1v) is 7.72. The van der Waals surface area contributed by atoms with E-state index in [0.717, 1.165) is 42.6 Å². The molecular formula is C18H23NO2. The Hall–Kier alpha value is -1.90. The SMILES string of the molecule is CCCC/C(O)=C1\C(=O)CCCC1=Nc1ccccc1C. The van der Waals surface area contributed by atoms with Gasteiger partial charge in [0.1, 0.15) is 5.76 Å². The summed E-state index contributed by atoms with van der Waals surface area (Å²) < 4.78 is 0. The molecule has 0 unspecified atom stereocenters. The summed E-state index contributed by atoms with van der Waals surface area (Å²) in [6, 6.07) is 7.87. The Labute approximate surface area is 126 Å². The van der Waals surface area contributed by atoms with Gasteiger partial charge in [0.2, 0.25) is 0 Å². The van der Waals surface area contributed by atoms with Crippen LogP contribution < -0.4 is 0 Å². The van der Waals surface area contributed by atoms with Gasteiger partial charge in [0, 0.05) is 12.8 Å². The Morgan fingerprint density at radius 1 is 1.29 bits per heavy atom. The highest BCUT2D eigenvalue weighted by Gasteiger charge is 2.25. The molecule has 3 nitrogen and oxygen atoms in total. The van der Waals surface area contributed by atoms with Crippen LogP contribution in [0.4, 0.5) is 5.69 Å². The molecule has 0 saturated heterocycles. The van der Waals surface area contributed by atoms with Crippen LogP contribution in [0.25, 0.3) is 0 Å². The highest BCUT2D eigenvalue weighted by molar-refractivity contribution is 6.24. The van der Waals surface area contributed by atoms with Gasteiger partial charge in [-0.05, 0) is 37.8 Å². The zero-order chi connectivity index (χ0) is 15.2. The molecule has 1 aromatic carbocycles. The fourth-order valence-corrected chi connectivity index (χ4v) is 2.57. The normalized spacial score (nSPS) is 19.9. The van der Waals surface area contributed by atoms with E-state index in [9.17, 15) is 9.90 Å². The number of carbonyl (C=O) groups is 1. The van der Waals surface area contributed by atoms with Crippen molar-refractivity contribution in [1.29, 1.82) is 0 Å². The van der Waals surface area contributed by atoms with Crippen molar-refractivity contribution in [3.8, 4) is 0 Å². The van der Waals surface area contributed by atoms with Crippen molar-refractivity contribution in [3.63, 3.8) is 0 Å². The molecule has 0 aromatic heterocycles. The van der Waals surface area contributed by atoms with Crippen LogP contribution in [0.3, 0.4) is 0 Å². The summed E-state index contributed by atoms with van der Waals surface area (Å²) in [4.78, 5) is 16.8. The molecular weight excluding hydrogens is 262 g/mol. The van der Waals surface area contributed by atoms with E-state index in [1.807, 2.05) is 31.2 Å². The van der Waals surface area contributed by atoms with E-state index in [-0.39, 0.29) is 11.5 Å². The molecule has 1 aliphatic rings. The molecule has 0 radical (unpaired) electrons. The molecule has 3 heteroatoms. The topological polar surface area (TPSA) is 49.7 Å². The molecule has 0 heterocycles. The first kappa shape index (κ1) is 15.5. The number of rotatable bonds is 4. The van der Waals surface area contributed by atoms with Gasteiger partial charge in [-0.1, -0.05) is 31.5 Å². The summed E-state index contributed by atoms with van der Waals surface area (Å²) in [5, 5.41) is 10.3. The minimum absolute atomic E-state index is 0.0298. The average Bonchev–Trinajstić information content (AvgIpc) is 2.47. The molecule has 2 rings (SSSR count). The number of benzene rings is 1. The van der Waals surface area contributed by atoms with Crippen LogP contribution in [-0.2, 0) is 4.79 Å². The fourth-order valence-electron chi connectivity index (χ4n) is 2.57. The number of aliphatic hydroxyl groups is 1. The summed E-state index contributed by atoms with van der Waals surface area (Å²) in [5.74, 6) is 0.246. The maximum absolute atomic E-state index is 12.2. The van der Waals surface area contributed by atoms with Gasteiger partial charge in [-0.15, -0.1) is 0 Å². The Morgan fingerprint density at radius 2 is 2.05 bits per heavy atom. The van der Waals surface area contributed by atoms with E-state index in [1.165, 1.54) is 0 Å². The number of aryl methyl sites for hydroxylation is 1. The van der Waals surface area contributed by atoms with Crippen LogP contribution in [0.1, 0.15) is 51.0 Å². The monoisotopic (exact) mass is 285 g/mol. The van der Waals surface area contributed by atoms with Crippen LogP contribution >= 0.6 is 0 Å². The molecule has 112 valence electrons. The van der Waals surface area contributed by atoms with Crippen LogP contribution in [0.5, 0.6) is 0 Å². The number of aliphatic imine (C=N–C) groups is 1. The highest BCUT2D eigenvalue weighted by Crippen LogP contribution is 2.26. The number of allylic oxidation sites excluding steroid dienone is 2. The van der Waals surface area contributed by atoms with Gasteiger partial charge in [-0.2, -0.15) is 0 Å². The first-order valence-electron chi connectivity index (χ1n) is 7.72. The minimum atomic E-state index is 0.0298. The fraction of sp³-hybridized carbons (Fsp3) is 0.444. The summed E-state index contributed by atoms with van der Waals surface area (Å²) in [7, 11) is 0. The number of hydrogen-bond acceptors (Lipinski definition) is 3. The van der Waals surface area contributed by atoms with E-state index in [1.54, 1.807) is 0 Å². The summed E-state index contributed by atoms with van der Waals surface area (Å²) >= 11 is 0. The van der Waals surface area contributed by atoms with Crippen molar-refractivity contribution < 1.29 is 9.90 Å². The Bertz CT molecular complexity index is 585. The van der Waals surface area contributed by atoms with Gasteiger partial charge in [0.05, 0.1) is 17.0 Å². The third-order valence-electron chi connectivity index (χ3n) is 3.81. The molecule has 0 bridgehead atoms. The number of aliphatic hydroxyl groups excluding tert-OH is 1. The number of nitrogens with zero attached hydrogens (tertiary/aromatic N) is 1. The third kappa shape index (κ3) is 3.81. The van der Waals surface area contributed by atoms with Crippen LogP contribution in [0.2, 0.25) is 0 Å². The van der Waals surface area contributed by atoms with Crippen molar-refractivity contribution in [1.82, 2.24) is 0 Å². The van der Waals surface area contributed by atoms with Gasteiger partial charge < -0.3 is 5.11 Å². The predicted octanol–water partition coefficient (Wildman–Crippen LogP) is 4.82. The van der Waals surface area contributed by atoms with Crippen molar-refractivity contribution in [2.24, 2.45) is 4.99 Å². The number of unbranched alkanes of at least 4 members (excludes halogenated alkanes) is 1. The first-order chi connectivity index (χ1) is 10.1. The van der Waals surface area contributed by atoms with Crippen LogP contribution in [-0.4, -0.2) is 16.6 Å². The smallest absolute Gasteiger partial charge is 0.168 e. The lowest BCUT2D eigenvalue weighted by Gasteiger charge is -2.18. The lowest BCUT2D eigenvalue weighted by Crippen LogP contribution is -2.21. The number of hydrogen-bond donors (Lipinski definition) is 1. The third-order valence-corrected chi connectivity index (χ3v) is 3.81.